The molecule has 1 saturated carbocycles. The van der Waals surface area contributed by atoms with Crippen molar-refractivity contribution in [2.75, 3.05) is 18.2 Å². The second-order valence-corrected chi connectivity index (χ2v) is 6.40. The highest BCUT2D eigenvalue weighted by molar-refractivity contribution is 7.99. The summed E-state index contributed by atoms with van der Waals surface area (Å²) in [6.07, 6.45) is 1.97. The Kier molecular flexibility index (Phi) is 4.42. The average molecular weight is 334 g/mol. The Balaban J connectivity index is 1.64. The number of ether oxygens (including phenoxy) is 1. The minimum Gasteiger partial charge on any atom is -0.495 e. The number of benzene rings is 1. The van der Waals surface area contributed by atoms with E-state index in [4.69, 9.17) is 4.74 Å². The van der Waals surface area contributed by atoms with Crippen LogP contribution in [0.5, 0.6) is 5.75 Å². The number of aromatic nitrogens is 3. The molecule has 23 heavy (non-hydrogen) atoms. The summed E-state index contributed by atoms with van der Waals surface area (Å²) >= 11 is 1.25. The van der Waals surface area contributed by atoms with Crippen LogP contribution in [-0.2, 0) is 4.79 Å². The van der Waals surface area contributed by atoms with E-state index in [1.54, 1.807) is 11.7 Å². The van der Waals surface area contributed by atoms with Crippen LogP contribution in [0.4, 0.5) is 5.69 Å². The van der Waals surface area contributed by atoms with Crippen LogP contribution in [0.2, 0.25) is 0 Å². The third-order valence-corrected chi connectivity index (χ3v) is 4.50. The summed E-state index contributed by atoms with van der Waals surface area (Å²) in [5.41, 5.74) is 1.46. The highest BCUT2D eigenvalue weighted by atomic mass is 32.2. The summed E-state index contributed by atoms with van der Waals surface area (Å²) < 4.78 is 6.87. The Bertz CT molecular complexity index is 779. The predicted molar refractivity (Wildman–Crippen MR) is 88.2 cm³/mol. The molecule has 0 bridgehead atoms. The number of rotatable bonds is 6. The van der Waals surface area contributed by atoms with Gasteiger partial charge in [-0.1, -0.05) is 17.8 Å². The molecular weight excluding hydrogens is 316 g/mol. The van der Waals surface area contributed by atoms with Crippen molar-refractivity contribution in [2.24, 2.45) is 0 Å². The zero-order valence-corrected chi connectivity index (χ0v) is 13.8. The van der Waals surface area contributed by atoms with Gasteiger partial charge in [-0.25, -0.2) is 9.89 Å². The van der Waals surface area contributed by atoms with Crippen molar-refractivity contribution in [3.63, 3.8) is 0 Å². The van der Waals surface area contributed by atoms with E-state index in [-0.39, 0.29) is 23.4 Å². The molecule has 1 amide bonds. The van der Waals surface area contributed by atoms with Crippen LogP contribution >= 0.6 is 11.8 Å². The summed E-state index contributed by atoms with van der Waals surface area (Å²) in [5.74, 6) is 0.619. The fourth-order valence-corrected chi connectivity index (χ4v) is 3.10. The molecule has 0 atom stereocenters. The third-order valence-electron chi connectivity index (χ3n) is 3.55. The number of H-pyrrole nitrogens is 1. The van der Waals surface area contributed by atoms with Gasteiger partial charge in [0.05, 0.1) is 18.6 Å². The van der Waals surface area contributed by atoms with Crippen LogP contribution in [-0.4, -0.2) is 33.5 Å². The lowest BCUT2D eigenvalue weighted by molar-refractivity contribution is -0.113. The van der Waals surface area contributed by atoms with Crippen molar-refractivity contribution >= 4 is 23.4 Å². The minimum absolute atomic E-state index is 0.170. The van der Waals surface area contributed by atoms with Crippen molar-refractivity contribution in [1.29, 1.82) is 0 Å². The quantitative estimate of drug-likeness (QED) is 0.788. The van der Waals surface area contributed by atoms with Crippen molar-refractivity contribution < 1.29 is 9.53 Å². The van der Waals surface area contributed by atoms with E-state index in [0.29, 0.717) is 16.6 Å². The maximum absolute atomic E-state index is 12.2. The normalized spacial score (nSPS) is 13.8. The van der Waals surface area contributed by atoms with E-state index in [1.807, 2.05) is 25.1 Å². The number of carbonyl (C=O) groups excluding carboxylic acids is 1. The Hall–Kier alpha value is -2.22. The topological polar surface area (TPSA) is 89.0 Å². The lowest BCUT2D eigenvalue weighted by Crippen LogP contribution is -2.18. The molecule has 1 aliphatic carbocycles. The summed E-state index contributed by atoms with van der Waals surface area (Å²) in [7, 11) is 1.56. The monoisotopic (exact) mass is 334 g/mol. The van der Waals surface area contributed by atoms with Crippen molar-refractivity contribution in [3.05, 3.63) is 34.2 Å². The van der Waals surface area contributed by atoms with Gasteiger partial charge in [-0.05, 0) is 37.5 Å². The molecule has 0 aliphatic heterocycles. The van der Waals surface area contributed by atoms with Gasteiger partial charge in [0, 0.05) is 6.04 Å². The van der Waals surface area contributed by atoms with Gasteiger partial charge in [-0.15, -0.1) is 5.10 Å². The zero-order chi connectivity index (χ0) is 16.4. The fourth-order valence-electron chi connectivity index (χ4n) is 2.28. The number of amides is 1. The Morgan fingerprint density at radius 2 is 2.30 bits per heavy atom. The highest BCUT2D eigenvalue weighted by Crippen LogP contribution is 2.36. The minimum atomic E-state index is -0.212. The molecule has 1 heterocycles. The molecule has 122 valence electrons. The Morgan fingerprint density at radius 3 is 3.00 bits per heavy atom. The second kappa shape index (κ2) is 6.49. The van der Waals surface area contributed by atoms with Gasteiger partial charge in [0.15, 0.2) is 5.16 Å². The first-order valence-corrected chi connectivity index (χ1v) is 8.31. The van der Waals surface area contributed by atoms with Gasteiger partial charge in [0.2, 0.25) is 5.91 Å². The average Bonchev–Trinajstić information content (AvgIpc) is 3.29. The molecule has 0 radical (unpaired) electrons. The SMILES string of the molecule is COc1ccc(C)cc1NC(=O)CSc1n[nH]c(=O)n1C1CC1. The number of carbonyl (C=O) groups is 1. The van der Waals surface area contributed by atoms with Crippen molar-refractivity contribution in [2.45, 2.75) is 31.0 Å². The number of nitrogens with zero attached hydrogens (tertiary/aromatic N) is 2. The molecule has 0 unspecified atom stereocenters. The van der Waals surface area contributed by atoms with Gasteiger partial charge in [0.1, 0.15) is 5.75 Å². The van der Waals surface area contributed by atoms with Crippen molar-refractivity contribution in [3.8, 4) is 5.75 Å². The molecular formula is C15H18N4O3S. The number of aryl methyl sites for hydroxylation is 1. The first kappa shape index (κ1) is 15.7. The Morgan fingerprint density at radius 1 is 1.52 bits per heavy atom. The molecule has 1 aromatic carbocycles. The first-order valence-electron chi connectivity index (χ1n) is 7.32. The van der Waals surface area contributed by atoms with Gasteiger partial charge < -0.3 is 10.1 Å². The molecule has 1 aromatic heterocycles. The van der Waals surface area contributed by atoms with E-state index < -0.39 is 0 Å². The smallest absolute Gasteiger partial charge is 0.344 e. The fraction of sp³-hybridized carbons (Fsp3) is 0.400. The number of hydrogen-bond acceptors (Lipinski definition) is 5. The van der Waals surface area contributed by atoms with Gasteiger partial charge >= 0.3 is 5.69 Å². The van der Waals surface area contributed by atoms with Crippen LogP contribution in [0.25, 0.3) is 0 Å². The number of hydrogen-bond donors (Lipinski definition) is 2. The largest absolute Gasteiger partial charge is 0.495 e. The van der Waals surface area contributed by atoms with E-state index >= 15 is 0 Å². The molecule has 1 aliphatic rings. The van der Waals surface area contributed by atoms with Gasteiger partial charge in [-0.3, -0.25) is 9.36 Å². The molecule has 3 rings (SSSR count). The number of thioether (sulfide) groups is 1. The third kappa shape index (κ3) is 3.58. The summed E-state index contributed by atoms with van der Waals surface area (Å²) in [4.78, 5) is 23.8. The van der Waals surface area contributed by atoms with Gasteiger partial charge in [0.25, 0.3) is 0 Å². The van der Waals surface area contributed by atoms with Crippen LogP contribution < -0.4 is 15.7 Å². The van der Waals surface area contributed by atoms with Crippen LogP contribution in [0.15, 0.2) is 28.2 Å². The molecule has 7 nitrogen and oxygen atoms in total. The predicted octanol–water partition coefficient (Wildman–Crippen LogP) is 1.95. The van der Waals surface area contributed by atoms with E-state index in [2.05, 4.69) is 15.5 Å². The molecule has 0 saturated heterocycles. The highest BCUT2D eigenvalue weighted by Gasteiger charge is 2.28. The number of nitrogens with one attached hydrogen (secondary N) is 2. The molecule has 0 spiro atoms. The van der Waals surface area contributed by atoms with Crippen LogP contribution in [0.1, 0.15) is 24.4 Å². The summed E-state index contributed by atoms with van der Waals surface area (Å²) in [6.45, 7) is 1.95. The number of anilines is 1. The first-order chi connectivity index (χ1) is 11.1. The van der Waals surface area contributed by atoms with Crippen LogP contribution in [0, 0.1) is 6.92 Å². The molecule has 2 N–H and O–H groups in total. The van der Waals surface area contributed by atoms with E-state index in [9.17, 15) is 9.59 Å². The van der Waals surface area contributed by atoms with Crippen LogP contribution in [0.3, 0.4) is 0 Å². The van der Waals surface area contributed by atoms with Gasteiger partial charge in [-0.2, -0.15) is 0 Å². The number of aromatic amines is 1. The Labute approximate surface area is 137 Å². The summed E-state index contributed by atoms with van der Waals surface area (Å²) in [5, 5.41) is 9.82. The zero-order valence-electron chi connectivity index (χ0n) is 13.0. The standard InChI is InChI=1S/C15H18N4O3S/c1-9-3-6-12(22-2)11(7-9)16-13(20)8-23-15-18-17-14(21)19(15)10-4-5-10/h3,6-7,10H,4-5,8H2,1-2H3,(H,16,20)(H,17,21). The molecule has 8 heteroatoms. The second-order valence-electron chi connectivity index (χ2n) is 5.45. The number of methoxy groups -OCH3 is 1. The lowest BCUT2D eigenvalue weighted by atomic mass is 10.2. The van der Waals surface area contributed by atoms with Crippen molar-refractivity contribution in [1.82, 2.24) is 14.8 Å². The summed E-state index contributed by atoms with van der Waals surface area (Å²) in [6, 6.07) is 5.82. The van der Waals surface area contributed by atoms with E-state index in [1.165, 1.54) is 11.8 Å². The maximum atomic E-state index is 12.2. The molecule has 1 fully saturated rings. The lowest BCUT2D eigenvalue weighted by Gasteiger charge is -2.11. The van der Waals surface area contributed by atoms with E-state index in [0.717, 1.165) is 18.4 Å². The maximum Gasteiger partial charge on any atom is 0.344 e. The molecule has 2 aromatic rings.